The van der Waals surface area contributed by atoms with Crippen LogP contribution in [0.5, 0.6) is 11.5 Å². The van der Waals surface area contributed by atoms with Crippen molar-refractivity contribution in [2.24, 2.45) is 0 Å². The number of amides is 1. The molecule has 1 N–H and O–H groups in total. The number of nitrogens with one attached hydrogen (secondary N) is 1. The monoisotopic (exact) mass is 478 g/mol. The molecule has 142 valence electrons. The number of ether oxygens (including phenoxy) is 2. The summed E-state index contributed by atoms with van der Waals surface area (Å²) in [5, 5.41) is 3.01. The quantitative estimate of drug-likeness (QED) is 0.669. The highest BCUT2D eigenvalue weighted by atomic mass is 127. The van der Waals surface area contributed by atoms with Gasteiger partial charge in [0.2, 0.25) is 5.91 Å². The van der Waals surface area contributed by atoms with Crippen molar-refractivity contribution in [3.05, 3.63) is 51.6 Å². The summed E-state index contributed by atoms with van der Waals surface area (Å²) in [6.07, 6.45) is 3.05. The maximum atomic E-state index is 12.5. The zero-order valence-corrected chi connectivity index (χ0v) is 17.3. The van der Waals surface area contributed by atoms with Crippen molar-refractivity contribution in [1.29, 1.82) is 0 Å². The van der Waals surface area contributed by atoms with Gasteiger partial charge in [0, 0.05) is 21.7 Å². The number of carbonyl (C=O) groups is 1. The first-order valence-corrected chi connectivity index (χ1v) is 10.5. The predicted octanol–water partition coefficient (Wildman–Crippen LogP) is 4.23. The maximum absolute atomic E-state index is 12.5. The Labute approximate surface area is 173 Å². The van der Waals surface area contributed by atoms with E-state index in [0.29, 0.717) is 19.8 Å². The highest BCUT2D eigenvalue weighted by Crippen LogP contribution is 2.37. The first-order chi connectivity index (χ1) is 13.2. The minimum atomic E-state index is 0.0262. The van der Waals surface area contributed by atoms with Gasteiger partial charge in [-0.2, -0.15) is 0 Å². The molecule has 2 aromatic rings. The van der Waals surface area contributed by atoms with Crippen LogP contribution in [0.25, 0.3) is 0 Å². The Morgan fingerprint density at radius 2 is 1.96 bits per heavy atom. The van der Waals surface area contributed by atoms with Crippen LogP contribution in [-0.2, 0) is 4.79 Å². The summed E-state index contributed by atoms with van der Waals surface area (Å²) < 4.78 is 12.7. The van der Waals surface area contributed by atoms with Crippen LogP contribution in [0.2, 0.25) is 0 Å². The number of nitrogens with zero attached hydrogens (tertiary/aromatic N) is 1. The average Bonchev–Trinajstić information content (AvgIpc) is 2.97. The number of hydrogen-bond acceptors (Lipinski definition) is 4. The number of anilines is 1. The fourth-order valence-electron chi connectivity index (χ4n) is 3.73. The topological polar surface area (TPSA) is 50.8 Å². The van der Waals surface area contributed by atoms with Crippen LogP contribution < -0.4 is 14.8 Å². The zero-order chi connectivity index (χ0) is 18.6. The fourth-order valence-corrected chi connectivity index (χ4v) is 4.27. The zero-order valence-electron chi connectivity index (χ0n) is 15.1. The summed E-state index contributed by atoms with van der Waals surface area (Å²) in [7, 11) is 0. The molecule has 2 aromatic carbocycles. The van der Waals surface area contributed by atoms with Gasteiger partial charge >= 0.3 is 0 Å². The lowest BCUT2D eigenvalue weighted by Crippen LogP contribution is -2.33. The van der Waals surface area contributed by atoms with Crippen LogP contribution >= 0.6 is 22.6 Å². The molecule has 2 aliphatic rings. The standard InChI is InChI=1S/C21H23IN2O3/c22-16-4-1-5-17(13-16)23-21(25)14-24-9-2-6-18(24)15-7-8-19-20(12-15)27-11-3-10-26-19/h1,4-5,7-8,12-13,18H,2-3,6,9-11,14H2,(H,23,25)/t18-/m0/s1. The Kier molecular flexibility index (Phi) is 5.83. The summed E-state index contributed by atoms with van der Waals surface area (Å²) in [5.74, 6) is 1.66. The molecule has 0 spiro atoms. The van der Waals surface area contributed by atoms with E-state index in [1.807, 2.05) is 30.3 Å². The third-order valence-corrected chi connectivity index (χ3v) is 5.65. The summed E-state index contributed by atoms with van der Waals surface area (Å²) in [6, 6.07) is 14.3. The lowest BCUT2D eigenvalue weighted by Gasteiger charge is -2.25. The molecule has 0 aromatic heterocycles. The van der Waals surface area contributed by atoms with Gasteiger partial charge in [0.25, 0.3) is 0 Å². The van der Waals surface area contributed by atoms with E-state index in [2.05, 4.69) is 44.9 Å². The largest absolute Gasteiger partial charge is 0.490 e. The van der Waals surface area contributed by atoms with Crippen molar-refractivity contribution in [3.63, 3.8) is 0 Å². The van der Waals surface area contributed by atoms with Crippen molar-refractivity contribution in [2.75, 3.05) is 31.6 Å². The van der Waals surface area contributed by atoms with Crippen molar-refractivity contribution < 1.29 is 14.3 Å². The number of rotatable bonds is 4. The van der Waals surface area contributed by atoms with Crippen molar-refractivity contribution >= 4 is 34.2 Å². The number of likely N-dealkylation sites (tertiary alicyclic amines) is 1. The van der Waals surface area contributed by atoms with E-state index in [4.69, 9.17) is 9.47 Å². The molecule has 27 heavy (non-hydrogen) atoms. The third kappa shape index (κ3) is 4.55. The van der Waals surface area contributed by atoms with Gasteiger partial charge in [0.15, 0.2) is 11.5 Å². The Morgan fingerprint density at radius 1 is 1.11 bits per heavy atom. The second-order valence-corrected chi connectivity index (χ2v) is 8.19. The van der Waals surface area contributed by atoms with E-state index < -0.39 is 0 Å². The van der Waals surface area contributed by atoms with Crippen LogP contribution in [0.15, 0.2) is 42.5 Å². The fraction of sp³-hybridized carbons (Fsp3) is 0.381. The Balaban J connectivity index is 1.44. The van der Waals surface area contributed by atoms with Gasteiger partial charge in [-0.05, 0) is 77.9 Å². The third-order valence-electron chi connectivity index (χ3n) is 4.98. The number of carbonyl (C=O) groups excluding carboxylic acids is 1. The van der Waals surface area contributed by atoms with E-state index in [0.717, 1.165) is 46.6 Å². The van der Waals surface area contributed by atoms with Gasteiger partial charge in [-0.3, -0.25) is 9.69 Å². The van der Waals surface area contributed by atoms with E-state index in [-0.39, 0.29) is 11.9 Å². The molecule has 0 aliphatic carbocycles. The van der Waals surface area contributed by atoms with Gasteiger partial charge < -0.3 is 14.8 Å². The molecule has 0 radical (unpaired) electrons. The number of hydrogen-bond donors (Lipinski definition) is 1. The molecule has 1 amide bonds. The second-order valence-electron chi connectivity index (χ2n) is 6.94. The molecular weight excluding hydrogens is 455 g/mol. The van der Waals surface area contributed by atoms with Gasteiger partial charge in [-0.1, -0.05) is 12.1 Å². The molecule has 1 fully saturated rings. The molecule has 2 heterocycles. The normalized spacial score (nSPS) is 19.5. The van der Waals surface area contributed by atoms with Crippen molar-refractivity contribution in [2.45, 2.75) is 25.3 Å². The van der Waals surface area contributed by atoms with Crippen molar-refractivity contribution in [1.82, 2.24) is 4.90 Å². The van der Waals surface area contributed by atoms with Gasteiger partial charge in [-0.15, -0.1) is 0 Å². The lowest BCUT2D eigenvalue weighted by atomic mass is 10.0. The summed E-state index contributed by atoms with van der Waals surface area (Å²) in [5.41, 5.74) is 2.04. The SMILES string of the molecule is O=C(CN1CCC[C@H]1c1ccc2c(c1)OCCCO2)Nc1cccc(I)c1. The second kappa shape index (κ2) is 8.48. The van der Waals surface area contributed by atoms with Gasteiger partial charge in [-0.25, -0.2) is 0 Å². The minimum Gasteiger partial charge on any atom is -0.490 e. The number of fused-ring (bicyclic) bond motifs is 1. The van der Waals surface area contributed by atoms with Crippen LogP contribution in [0, 0.1) is 3.57 Å². The molecule has 6 heteroatoms. The lowest BCUT2D eigenvalue weighted by molar-refractivity contribution is -0.117. The minimum absolute atomic E-state index is 0.0262. The van der Waals surface area contributed by atoms with Crippen LogP contribution in [0.4, 0.5) is 5.69 Å². The molecule has 4 rings (SSSR count). The van der Waals surface area contributed by atoms with Gasteiger partial charge in [0.1, 0.15) is 0 Å². The Hall–Kier alpha value is -1.80. The van der Waals surface area contributed by atoms with E-state index >= 15 is 0 Å². The highest BCUT2D eigenvalue weighted by molar-refractivity contribution is 14.1. The van der Waals surface area contributed by atoms with Gasteiger partial charge in [0.05, 0.1) is 19.8 Å². The maximum Gasteiger partial charge on any atom is 0.238 e. The molecule has 1 atom stereocenters. The van der Waals surface area contributed by atoms with E-state index in [9.17, 15) is 4.79 Å². The molecular formula is C21H23IN2O3. The first-order valence-electron chi connectivity index (χ1n) is 9.38. The average molecular weight is 478 g/mol. The van der Waals surface area contributed by atoms with Crippen LogP contribution in [0.1, 0.15) is 30.9 Å². The molecule has 5 nitrogen and oxygen atoms in total. The Bertz CT molecular complexity index is 827. The van der Waals surface area contributed by atoms with E-state index in [1.165, 1.54) is 5.56 Å². The number of halogens is 1. The molecule has 1 saturated heterocycles. The summed E-state index contributed by atoms with van der Waals surface area (Å²) in [4.78, 5) is 14.8. The predicted molar refractivity (Wildman–Crippen MR) is 113 cm³/mol. The van der Waals surface area contributed by atoms with Crippen LogP contribution in [0.3, 0.4) is 0 Å². The highest BCUT2D eigenvalue weighted by Gasteiger charge is 2.28. The first kappa shape index (κ1) is 18.6. The molecule has 0 saturated carbocycles. The summed E-state index contributed by atoms with van der Waals surface area (Å²) >= 11 is 2.25. The molecule has 0 bridgehead atoms. The van der Waals surface area contributed by atoms with Crippen LogP contribution in [-0.4, -0.2) is 37.1 Å². The summed E-state index contributed by atoms with van der Waals surface area (Å²) in [6.45, 7) is 2.70. The smallest absolute Gasteiger partial charge is 0.238 e. The molecule has 0 unspecified atom stereocenters. The number of benzene rings is 2. The molecule has 2 aliphatic heterocycles. The Morgan fingerprint density at radius 3 is 2.81 bits per heavy atom. The van der Waals surface area contributed by atoms with Crippen molar-refractivity contribution in [3.8, 4) is 11.5 Å². The van der Waals surface area contributed by atoms with E-state index in [1.54, 1.807) is 0 Å².